The van der Waals surface area contributed by atoms with E-state index >= 15 is 0 Å². The third-order valence-electron chi connectivity index (χ3n) is 5.70. The van der Waals surface area contributed by atoms with Crippen molar-refractivity contribution in [2.45, 2.75) is 5.75 Å². The molecule has 1 fully saturated rings. The number of anilines is 2. The molecule has 4 rings (SSSR count). The Morgan fingerprint density at radius 1 is 0.765 bits per heavy atom. The average Bonchev–Trinajstić information content (AvgIpc) is 2.84. The summed E-state index contributed by atoms with van der Waals surface area (Å²) >= 11 is 0. The number of hydrogen-bond acceptors (Lipinski definition) is 5. The van der Waals surface area contributed by atoms with Crippen LogP contribution < -0.4 is 10.2 Å². The predicted octanol–water partition coefficient (Wildman–Crippen LogP) is 3.20. The van der Waals surface area contributed by atoms with Gasteiger partial charge in [-0.05, 0) is 29.8 Å². The lowest BCUT2D eigenvalue weighted by Crippen LogP contribution is -2.49. The summed E-state index contributed by atoms with van der Waals surface area (Å²) in [7, 11) is -3.65. The standard InChI is InChI=1S/C26H27N3O4S/c30-25(20-34(32,33)19-21-9-3-1-4-10-21)27-24-14-8-7-13-23(24)26(31)29-17-15-28(16-18-29)22-11-5-2-6-12-22/h1-14H,15-20H2,(H,27,30). The highest BCUT2D eigenvalue weighted by Crippen LogP contribution is 2.21. The Bertz CT molecular complexity index is 1240. The summed E-state index contributed by atoms with van der Waals surface area (Å²) in [6.07, 6.45) is 0. The van der Waals surface area contributed by atoms with Crippen molar-refractivity contribution in [1.29, 1.82) is 0 Å². The number of carbonyl (C=O) groups excluding carboxylic acids is 2. The van der Waals surface area contributed by atoms with Gasteiger partial charge in [-0.3, -0.25) is 9.59 Å². The molecule has 3 aromatic carbocycles. The van der Waals surface area contributed by atoms with Crippen LogP contribution in [0.2, 0.25) is 0 Å². The maximum Gasteiger partial charge on any atom is 0.256 e. The zero-order valence-corrected chi connectivity index (χ0v) is 19.6. The van der Waals surface area contributed by atoms with Gasteiger partial charge in [-0.25, -0.2) is 8.42 Å². The summed E-state index contributed by atoms with van der Waals surface area (Å²) in [5.41, 5.74) is 2.42. The fraction of sp³-hybridized carbons (Fsp3) is 0.231. The topological polar surface area (TPSA) is 86.8 Å². The summed E-state index contributed by atoms with van der Waals surface area (Å²) in [5.74, 6) is -1.71. The summed E-state index contributed by atoms with van der Waals surface area (Å²) in [5, 5.41) is 2.63. The van der Waals surface area contributed by atoms with E-state index in [9.17, 15) is 18.0 Å². The Morgan fingerprint density at radius 3 is 2.03 bits per heavy atom. The smallest absolute Gasteiger partial charge is 0.256 e. The Hall–Kier alpha value is -3.65. The molecule has 0 spiro atoms. The van der Waals surface area contributed by atoms with Gasteiger partial charge in [0.2, 0.25) is 5.91 Å². The van der Waals surface area contributed by atoms with Gasteiger partial charge < -0.3 is 15.1 Å². The van der Waals surface area contributed by atoms with Crippen molar-refractivity contribution in [2.75, 3.05) is 42.1 Å². The number of rotatable bonds is 7. The van der Waals surface area contributed by atoms with E-state index in [1.807, 2.05) is 30.3 Å². The third-order valence-corrected chi connectivity index (χ3v) is 7.18. The van der Waals surface area contributed by atoms with Crippen LogP contribution in [0, 0.1) is 0 Å². The molecule has 0 bridgehead atoms. The number of hydrogen-bond donors (Lipinski definition) is 1. The van der Waals surface area contributed by atoms with Crippen LogP contribution in [0.25, 0.3) is 0 Å². The summed E-state index contributed by atoms with van der Waals surface area (Å²) in [6, 6.07) is 25.5. The van der Waals surface area contributed by atoms with Gasteiger partial charge in [0.25, 0.3) is 5.91 Å². The van der Waals surface area contributed by atoms with Crippen molar-refractivity contribution in [1.82, 2.24) is 4.90 Å². The molecule has 0 aliphatic carbocycles. The van der Waals surface area contributed by atoms with Crippen molar-refractivity contribution < 1.29 is 18.0 Å². The minimum atomic E-state index is -3.65. The molecule has 0 unspecified atom stereocenters. The first kappa shape index (κ1) is 23.5. The monoisotopic (exact) mass is 477 g/mol. The Kier molecular flexibility index (Phi) is 7.27. The number of amides is 2. The number of piperazine rings is 1. The zero-order valence-electron chi connectivity index (χ0n) is 18.8. The second-order valence-corrected chi connectivity index (χ2v) is 10.3. The zero-order chi connectivity index (χ0) is 24.0. The highest BCUT2D eigenvalue weighted by Gasteiger charge is 2.25. The van der Waals surface area contributed by atoms with Gasteiger partial charge >= 0.3 is 0 Å². The summed E-state index contributed by atoms with van der Waals surface area (Å²) < 4.78 is 24.9. The molecule has 8 heteroatoms. The lowest BCUT2D eigenvalue weighted by atomic mass is 10.1. The van der Waals surface area contributed by atoms with E-state index in [0.29, 0.717) is 43.0 Å². The molecule has 1 heterocycles. The van der Waals surface area contributed by atoms with Crippen molar-refractivity contribution in [3.63, 3.8) is 0 Å². The number of nitrogens with one attached hydrogen (secondary N) is 1. The molecule has 1 aliphatic rings. The van der Waals surface area contributed by atoms with Gasteiger partial charge in [-0.2, -0.15) is 0 Å². The number of para-hydroxylation sites is 2. The van der Waals surface area contributed by atoms with Crippen LogP contribution in [0.5, 0.6) is 0 Å². The van der Waals surface area contributed by atoms with Crippen LogP contribution in [0.15, 0.2) is 84.9 Å². The van der Waals surface area contributed by atoms with E-state index in [4.69, 9.17) is 0 Å². The van der Waals surface area contributed by atoms with Crippen LogP contribution in [-0.4, -0.2) is 57.1 Å². The molecule has 1 aliphatic heterocycles. The largest absolute Gasteiger partial charge is 0.368 e. The first-order chi connectivity index (χ1) is 16.4. The lowest BCUT2D eigenvalue weighted by molar-refractivity contribution is -0.113. The summed E-state index contributed by atoms with van der Waals surface area (Å²) in [6.45, 7) is 2.53. The second kappa shape index (κ2) is 10.5. The SMILES string of the molecule is O=C(CS(=O)(=O)Cc1ccccc1)Nc1ccccc1C(=O)N1CCN(c2ccccc2)CC1. The Labute approximate surface area is 199 Å². The maximum absolute atomic E-state index is 13.2. The van der Waals surface area contributed by atoms with Crippen molar-refractivity contribution in [3.8, 4) is 0 Å². The molecular formula is C26H27N3O4S. The molecule has 0 saturated carbocycles. The third kappa shape index (κ3) is 6.02. The van der Waals surface area contributed by atoms with Gasteiger partial charge in [-0.1, -0.05) is 60.7 Å². The minimum Gasteiger partial charge on any atom is -0.368 e. The molecule has 2 amide bonds. The van der Waals surface area contributed by atoms with Gasteiger partial charge in [-0.15, -0.1) is 0 Å². The van der Waals surface area contributed by atoms with Crippen LogP contribution in [0.4, 0.5) is 11.4 Å². The van der Waals surface area contributed by atoms with E-state index in [-0.39, 0.29) is 11.7 Å². The molecular weight excluding hydrogens is 450 g/mol. The van der Waals surface area contributed by atoms with Gasteiger partial charge in [0.15, 0.2) is 9.84 Å². The van der Waals surface area contributed by atoms with E-state index < -0.39 is 21.5 Å². The van der Waals surface area contributed by atoms with Gasteiger partial charge in [0.05, 0.1) is 17.0 Å². The maximum atomic E-state index is 13.2. The van der Waals surface area contributed by atoms with E-state index in [0.717, 1.165) is 5.69 Å². The van der Waals surface area contributed by atoms with Crippen molar-refractivity contribution >= 4 is 33.0 Å². The van der Waals surface area contributed by atoms with E-state index in [1.54, 1.807) is 59.5 Å². The fourth-order valence-electron chi connectivity index (χ4n) is 4.02. The average molecular weight is 478 g/mol. The normalized spacial score (nSPS) is 14.0. The molecule has 0 aromatic heterocycles. The Morgan fingerprint density at radius 2 is 1.35 bits per heavy atom. The van der Waals surface area contributed by atoms with Crippen LogP contribution in [0.1, 0.15) is 15.9 Å². The predicted molar refractivity (Wildman–Crippen MR) is 134 cm³/mol. The molecule has 0 atom stereocenters. The highest BCUT2D eigenvalue weighted by atomic mass is 32.2. The molecule has 7 nitrogen and oxygen atoms in total. The number of sulfone groups is 1. The number of carbonyl (C=O) groups is 2. The van der Waals surface area contributed by atoms with Gasteiger partial charge in [0.1, 0.15) is 5.75 Å². The van der Waals surface area contributed by atoms with E-state index in [2.05, 4.69) is 10.2 Å². The van der Waals surface area contributed by atoms with E-state index in [1.165, 1.54) is 0 Å². The molecule has 34 heavy (non-hydrogen) atoms. The van der Waals surface area contributed by atoms with Crippen molar-refractivity contribution in [2.24, 2.45) is 0 Å². The molecule has 1 saturated heterocycles. The highest BCUT2D eigenvalue weighted by molar-refractivity contribution is 7.91. The van der Waals surface area contributed by atoms with Crippen LogP contribution in [0.3, 0.4) is 0 Å². The molecule has 176 valence electrons. The Balaban J connectivity index is 1.38. The van der Waals surface area contributed by atoms with Gasteiger partial charge in [0, 0.05) is 31.9 Å². The van der Waals surface area contributed by atoms with Crippen molar-refractivity contribution in [3.05, 3.63) is 96.1 Å². The van der Waals surface area contributed by atoms with Crippen LogP contribution >= 0.6 is 0 Å². The molecule has 1 N–H and O–H groups in total. The first-order valence-corrected chi connectivity index (χ1v) is 13.0. The molecule has 0 radical (unpaired) electrons. The minimum absolute atomic E-state index is 0.184. The summed E-state index contributed by atoms with van der Waals surface area (Å²) in [4.78, 5) is 29.7. The van der Waals surface area contributed by atoms with Crippen LogP contribution in [-0.2, 0) is 20.4 Å². The number of nitrogens with zero attached hydrogens (tertiary/aromatic N) is 2. The first-order valence-electron chi connectivity index (χ1n) is 11.1. The quantitative estimate of drug-likeness (QED) is 0.565. The lowest BCUT2D eigenvalue weighted by Gasteiger charge is -2.36. The fourth-order valence-corrected chi connectivity index (χ4v) is 5.29. The second-order valence-electron chi connectivity index (χ2n) is 8.23. The number of benzene rings is 3. The molecule has 3 aromatic rings.